The Bertz CT molecular complexity index is 895. The van der Waals surface area contributed by atoms with E-state index in [1.54, 1.807) is 12.3 Å². The van der Waals surface area contributed by atoms with E-state index in [9.17, 15) is 4.79 Å². The van der Waals surface area contributed by atoms with Crippen LogP contribution in [0.5, 0.6) is 0 Å². The number of hydrogen-bond donors (Lipinski definition) is 1. The van der Waals surface area contributed by atoms with Gasteiger partial charge < -0.3 is 14.7 Å². The lowest BCUT2D eigenvalue weighted by Crippen LogP contribution is -2.41. The molecule has 1 fully saturated rings. The molecular formula is C17H18N6O2. The summed E-state index contributed by atoms with van der Waals surface area (Å²) in [6.07, 6.45) is 4.89. The molecule has 0 radical (unpaired) electrons. The van der Waals surface area contributed by atoms with Gasteiger partial charge in [-0.15, -0.1) is 0 Å². The third-order valence-corrected chi connectivity index (χ3v) is 4.43. The summed E-state index contributed by atoms with van der Waals surface area (Å²) >= 11 is 0. The number of piperidine rings is 1. The fraction of sp³-hybridized carbons (Fsp3) is 0.353. The van der Waals surface area contributed by atoms with Crippen LogP contribution in [-0.2, 0) is 4.79 Å². The Labute approximate surface area is 144 Å². The molecule has 1 saturated heterocycles. The van der Waals surface area contributed by atoms with Crippen molar-refractivity contribution in [2.45, 2.75) is 19.8 Å². The zero-order valence-corrected chi connectivity index (χ0v) is 13.8. The summed E-state index contributed by atoms with van der Waals surface area (Å²) in [6.45, 7) is 3.30. The first-order chi connectivity index (χ1) is 12.2. The molecular weight excluding hydrogens is 320 g/mol. The molecule has 4 heterocycles. The van der Waals surface area contributed by atoms with Crippen molar-refractivity contribution in [1.29, 1.82) is 0 Å². The predicted octanol–water partition coefficient (Wildman–Crippen LogP) is 2.18. The second kappa shape index (κ2) is 6.46. The molecule has 1 aliphatic rings. The van der Waals surface area contributed by atoms with Crippen LogP contribution in [0.25, 0.3) is 11.1 Å². The number of aromatic nitrogens is 4. The molecule has 1 aliphatic heterocycles. The van der Waals surface area contributed by atoms with Gasteiger partial charge in [0.1, 0.15) is 23.3 Å². The summed E-state index contributed by atoms with van der Waals surface area (Å²) in [6, 6.07) is 5.45. The summed E-state index contributed by atoms with van der Waals surface area (Å²) in [5, 5.41) is 7.67. The van der Waals surface area contributed by atoms with Gasteiger partial charge in [0.05, 0.1) is 11.6 Å². The minimum Gasteiger partial charge on any atom is -0.355 e. The maximum atomic E-state index is 12.6. The lowest BCUT2D eigenvalue weighted by atomic mass is 9.97. The molecule has 3 aromatic rings. The van der Waals surface area contributed by atoms with Crippen molar-refractivity contribution in [2.24, 2.45) is 5.92 Å². The van der Waals surface area contributed by atoms with E-state index in [0.29, 0.717) is 18.1 Å². The molecule has 1 unspecified atom stereocenters. The molecule has 8 nitrogen and oxygen atoms in total. The second-order valence-electron chi connectivity index (χ2n) is 6.13. The van der Waals surface area contributed by atoms with Crippen LogP contribution in [0.3, 0.4) is 0 Å². The van der Waals surface area contributed by atoms with E-state index in [1.807, 2.05) is 19.1 Å². The summed E-state index contributed by atoms with van der Waals surface area (Å²) < 4.78 is 5.22. The van der Waals surface area contributed by atoms with Crippen LogP contribution in [-0.4, -0.2) is 39.1 Å². The zero-order valence-electron chi connectivity index (χ0n) is 13.8. The first-order valence-electron chi connectivity index (χ1n) is 8.26. The molecule has 0 spiro atoms. The monoisotopic (exact) mass is 338 g/mol. The Morgan fingerprint density at radius 3 is 3.08 bits per heavy atom. The van der Waals surface area contributed by atoms with Gasteiger partial charge in [-0.05, 0) is 31.9 Å². The standard InChI is InChI=1S/C17H18N6O2/c1-11-14-15(19-10-20-17(14)25-22-11)23-8-4-5-12(9-23)16(24)21-13-6-2-3-7-18-13/h2-3,6-7,10,12H,4-5,8-9H2,1H3,(H,18,21,24). The van der Waals surface area contributed by atoms with Gasteiger partial charge in [-0.25, -0.2) is 9.97 Å². The van der Waals surface area contributed by atoms with Gasteiger partial charge in [0, 0.05) is 19.3 Å². The number of nitrogens with zero attached hydrogens (tertiary/aromatic N) is 5. The van der Waals surface area contributed by atoms with E-state index in [1.165, 1.54) is 6.33 Å². The molecule has 25 heavy (non-hydrogen) atoms. The average Bonchev–Trinajstić information content (AvgIpc) is 3.04. The fourth-order valence-corrected chi connectivity index (χ4v) is 3.19. The fourth-order valence-electron chi connectivity index (χ4n) is 3.19. The Hall–Kier alpha value is -3.03. The maximum absolute atomic E-state index is 12.6. The molecule has 128 valence electrons. The largest absolute Gasteiger partial charge is 0.355 e. The number of anilines is 2. The molecule has 0 bridgehead atoms. The van der Waals surface area contributed by atoms with E-state index >= 15 is 0 Å². The zero-order chi connectivity index (χ0) is 17.2. The summed E-state index contributed by atoms with van der Waals surface area (Å²) in [5.74, 6) is 1.21. The Morgan fingerprint density at radius 2 is 2.24 bits per heavy atom. The lowest BCUT2D eigenvalue weighted by molar-refractivity contribution is -0.120. The molecule has 3 aromatic heterocycles. The highest BCUT2D eigenvalue weighted by Gasteiger charge is 2.28. The predicted molar refractivity (Wildman–Crippen MR) is 92.1 cm³/mol. The Morgan fingerprint density at radius 1 is 1.32 bits per heavy atom. The van der Waals surface area contributed by atoms with E-state index in [-0.39, 0.29) is 11.8 Å². The van der Waals surface area contributed by atoms with E-state index in [0.717, 1.165) is 36.3 Å². The molecule has 0 aliphatic carbocycles. The van der Waals surface area contributed by atoms with Crippen LogP contribution in [0.4, 0.5) is 11.6 Å². The van der Waals surface area contributed by atoms with Crippen molar-refractivity contribution in [3.8, 4) is 0 Å². The van der Waals surface area contributed by atoms with Crippen LogP contribution in [0.2, 0.25) is 0 Å². The quantitative estimate of drug-likeness (QED) is 0.781. The summed E-state index contributed by atoms with van der Waals surface area (Å²) in [4.78, 5) is 27.4. The van der Waals surface area contributed by atoms with Crippen LogP contribution >= 0.6 is 0 Å². The highest BCUT2D eigenvalue weighted by Crippen LogP contribution is 2.29. The van der Waals surface area contributed by atoms with Gasteiger partial charge in [-0.3, -0.25) is 4.79 Å². The highest BCUT2D eigenvalue weighted by atomic mass is 16.5. The summed E-state index contributed by atoms with van der Waals surface area (Å²) in [5.41, 5.74) is 1.23. The topological polar surface area (TPSA) is 97.0 Å². The highest BCUT2D eigenvalue weighted by molar-refractivity contribution is 5.93. The minimum atomic E-state index is -0.124. The SMILES string of the molecule is Cc1noc2ncnc(N3CCCC(C(=O)Nc4ccccn4)C3)c12. The van der Waals surface area contributed by atoms with Crippen molar-refractivity contribution < 1.29 is 9.32 Å². The number of carbonyl (C=O) groups is 1. The number of hydrogen-bond acceptors (Lipinski definition) is 7. The third kappa shape index (κ3) is 3.02. The van der Waals surface area contributed by atoms with Crippen molar-refractivity contribution in [3.63, 3.8) is 0 Å². The molecule has 0 aromatic carbocycles. The molecule has 1 atom stereocenters. The average molecular weight is 338 g/mol. The smallest absolute Gasteiger partial charge is 0.263 e. The number of aryl methyl sites for hydroxylation is 1. The first-order valence-corrected chi connectivity index (χ1v) is 8.26. The van der Waals surface area contributed by atoms with E-state index in [4.69, 9.17) is 4.52 Å². The molecule has 4 rings (SSSR count). The van der Waals surface area contributed by atoms with E-state index in [2.05, 4.69) is 30.3 Å². The minimum absolute atomic E-state index is 0.0178. The number of amides is 1. The number of carbonyl (C=O) groups excluding carboxylic acids is 1. The van der Waals surface area contributed by atoms with Gasteiger partial charge in [-0.1, -0.05) is 11.2 Å². The van der Waals surface area contributed by atoms with Crippen LogP contribution in [0, 0.1) is 12.8 Å². The maximum Gasteiger partial charge on any atom is 0.263 e. The van der Waals surface area contributed by atoms with Gasteiger partial charge in [0.25, 0.3) is 5.71 Å². The van der Waals surface area contributed by atoms with Gasteiger partial charge in [-0.2, -0.15) is 4.98 Å². The Kier molecular flexibility index (Phi) is 4.01. The lowest BCUT2D eigenvalue weighted by Gasteiger charge is -2.32. The van der Waals surface area contributed by atoms with Gasteiger partial charge >= 0.3 is 0 Å². The number of pyridine rings is 1. The molecule has 1 amide bonds. The van der Waals surface area contributed by atoms with Gasteiger partial charge in [0.15, 0.2) is 0 Å². The summed E-state index contributed by atoms with van der Waals surface area (Å²) in [7, 11) is 0. The van der Waals surface area contributed by atoms with Crippen molar-refractivity contribution in [3.05, 3.63) is 36.4 Å². The van der Waals surface area contributed by atoms with Crippen molar-refractivity contribution in [1.82, 2.24) is 20.1 Å². The van der Waals surface area contributed by atoms with Crippen molar-refractivity contribution >= 4 is 28.6 Å². The number of rotatable bonds is 3. The molecule has 8 heteroatoms. The second-order valence-corrected chi connectivity index (χ2v) is 6.13. The van der Waals surface area contributed by atoms with E-state index < -0.39 is 0 Å². The van der Waals surface area contributed by atoms with Gasteiger partial charge in [0.2, 0.25) is 5.91 Å². The third-order valence-electron chi connectivity index (χ3n) is 4.43. The van der Waals surface area contributed by atoms with Crippen molar-refractivity contribution in [2.75, 3.05) is 23.3 Å². The van der Waals surface area contributed by atoms with Crippen LogP contribution in [0.15, 0.2) is 35.2 Å². The first kappa shape index (κ1) is 15.5. The van der Waals surface area contributed by atoms with Crippen LogP contribution in [0.1, 0.15) is 18.5 Å². The number of nitrogens with one attached hydrogen (secondary N) is 1. The normalized spacial score (nSPS) is 17.6. The molecule has 0 saturated carbocycles. The van der Waals surface area contributed by atoms with Crippen LogP contribution < -0.4 is 10.2 Å². The molecule has 1 N–H and O–H groups in total. The Balaban J connectivity index is 1.54. The number of fused-ring (bicyclic) bond motifs is 1.